The van der Waals surface area contributed by atoms with Crippen LogP contribution in [0.25, 0.3) is 11.0 Å². The zero-order chi connectivity index (χ0) is 18.5. The van der Waals surface area contributed by atoms with Gasteiger partial charge in [0.05, 0.1) is 23.9 Å². The lowest BCUT2D eigenvalue weighted by Gasteiger charge is -2.40. The summed E-state index contributed by atoms with van der Waals surface area (Å²) in [5.74, 6) is 0.499. The van der Waals surface area contributed by atoms with Crippen molar-refractivity contribution in [3.63, 3.8) is 0 Å². The summed E-state index contributed by atoms with van der Waals surface area (Å²) in [4.78, 5) is 29.7. The third-order valence-electron chi connectivity index (χ3n) is 5.58. The summed E-state index contributed by atoms with van der Waals surface area (Å²) < 4.78 is 10.5. The van der Waals surface area contributed by atoms with E-state index in [2.05, 4.69) is 5.16 Å². The molecule has 7 nitrogen and oxygen atoms in total. The fourth-order valence-corrected chi connectivity index (χ4v) is 4.35. The largest absolute Gasteiger partial charge is 0.464 e. The van der Waals surface area contributed by atoms with E-state index in [-0.39, 0.29) is 23.9 Å². The number of fused-ring (bicyclic) bond motifs is 3. The van der Waals surface area contributed by atoms with Crippen molar-refractivity contribution >= 4 is 22.8 Å². The van der Waals surface area contributed by atoms with Crippen LogP contribution in [-0.2, 0) is 0 Å². The molecule has 0 spiro atoms. The normalized spacial score (nSPS) is 21.8. The minimum Gasteiger partial charge on any atom is -0.464 e. The Bertz CT molecular complexity index is 1020. The molecular formula is C20H19N3O4. The Labute approximate surface area is 155 Å². The summed E-state index contributed by atoms with van der Waals surface area (Å²) in [5.41, 5.74) is 1.69. The molecule has 0 unspecified atom stereocenters. The van der Waals surface area contributed by atoms with Crippen LogP contribution in [0.4, 0.5) is 0 Å². The van der Waals surface area contributed by atoms with Crippen LogP contribution in [0.15, 0.2) is 45.5 Å². The minimum atomic E-state index is -0.108. The van der Waals surface area contributed by atoms with Gasteiger partial charge >= 0.3 is 0 Å². The highest BCUT2D eigenvalue weighted by Gasteiger charge is 2.44. The van der Waals surface area contributed by atoms with Crippen molar-refractivity contribution in [3.8, 4) is 0 Å². The van der Waals surface area contributed by atoms with Crippen LogP contribution in [0, 0.1) is 6.92 Å². The van der Waals surface area contributed by atoms with Crippen molar-refractivity contribution in [1.82, 2.24) is 15.0 Å². The van der Waals surface area contributed by atoms with Crippen molar-refractivity contribution in [3.05, 3.63) is 53.6 Å². The number of aromatic nitrogens is 1. The molecule has 0 N–H and O–H groups in total. The first-order valence-electron chi connectivity index (χ1n) is 9.13. The number of aryl methyl sites for hydroxylation is 1. The molecule has 4 heterocycles. The molecule has 2 atom stereocenters. The summed E-state index contributed by atoms with van der Waals surface area (Å²) in [6.07, 6.45) is 3.39. The molecule has 2 aliphatic heterocycles. The van der Waals surface area contributed by atoms with Crippen LogP contribution >= 0.6 is 0 Å². The van der Waals surface area contributed by atoms with Gasteiger partial charge < -0.3 is 18.7 Å². The summed E-state index contributed by atoms with van der Waals surface area (Å²) in [6.45, 7) is 2.84. The zero-order valence-electron chi connectivity index (χ0n) is 14.9. The quantitative estimate of drug-likeness (QED) is 0.698. The predicted octanol–water partition coefficient (Wildman–Crippen LogP) is 2.86. The number of carbonyl (C=O) groups excluding carboxylic acids is 2. The highest BCUT2D eigenvalue weighted by molar-refractivity contribution is 6.06. The van der Waals surface area contributed by atoms with Gasteiger partial charge in [-0.2, -0.15) is 0 Å². The maximum Gasteiger partial charge on any atom is 0.276 e. The number of benzene rings is 1. The monoisotopic (exact) mass is 365 g/mol. The molecule has 2 aromatic heterocycles. The van der Waals surface area contributed by atoms with E-state index in [4.69, 9.17) is 8.94 Å². The smallest absolute Gasteiger partial charge is 0.276 e. The van der Waals surface area contributed by atoms with Crippen LogP contribution in [0.5, 0.6) is 0 Å². The second-order valence-electron chi connectivity index (χ2n) is 7.27. The van der Waals surface area contributed by atoms with Gasteiger partial charge in [-0.3, -0.25) is 9.59 Å². The number of likely N-dealkylation sites (tertiary alicyclic amines) is 1. The Balaban J connectivity index is 1.39. The average molecular weight is 365 g/mol. The summed E-state index contributed by atoms with van der Waals surface area (Å²) in [7, 11) is 0. The minimum absolute atomic E-state index is 0.0109. The van der Waals surface area contributed by atoms with Crippen molar-refractivity contribution in [2.24, 2.45) is 0 Å². The number of amides is 2. The first kappa shape index (κ1) is 16.1. The number of furan rings is 1. The van der Waals surface area contributed by atoms with E-state index in [1.807, 2.05) is 34.1 Å². The second-order valence-corrected chi connectivity index (χ2v) is 7.27. The topological polar surface area (TPSA) is 79.8 Å². The Morgan fingerprint density at radius 3 is 2.59 bits per heavy atom. The molecule has 5 rings (SSSR count). The van der Waals surface area contributed by atoms with Crippen molar-refractivity contribution in [1.29, 1.82) is 0 Å². The first-order chi connectivity index (χ1) is 13.1. The summed E-state index contributed by atoms with van der Waals surface area (Å²) in [6, 6.07) is 9.04. The Kier molecular flexibility index (Phi) is 3.56. The van der Waals surface area contributed by atoms with E-state index in [9.17, 15) is 9.59 Å². The van der Waals surface area contributed by atoms with Gasteiger partial charge in [0.15, 0.2) is 5.69 Å². The molecule has 27 heavy (non-hydrogen) atoms. The summed E-state index contributed by atoms with van der Waals surface area (Å²) in [5, 5.41) is 4.69. The van der Waals surface area contributed by atoms with Crippen molar-refractivity contribution < 1.29 is 18.5 Å². The van der Waals surface area contributed by atoms with E-state index in [1.54, 1.807) is 19.3 Å². The molecule has 138 valence electrons. The molecule has 3 aromatic rings. The van der Waals surface area contributed by atoms with Crippen LogP contribution in [0.1, 0.15) is 39.4 Å². The predicted molar refractivity (Wildman–Crippen MR) is 96.3 cm³/mol. The maximum atomic E-state index is 13.1. The van der Waals surface area contributed by atoms with Crippen LogP contribution in [0.2, 0.25) is 0 Å². The molecule has 1 aromatic carbocycles. The number of carbonyl (C=O) groups is 2. The van der Waals surface area contributed by atoms with Gasteiger partial charge in [-0.05, 0) is 38.0 Å². The van der Waals surface area contributed by atoms with E-state index < -0.39 is 0 Å². The SMILES string of the molecule is Cc1cc(C(=O)N2[C@@H]3CC[C@H]2CN(C(=O)c2cccc4occc24)C3)no1. The van der Waals surface area contributed by atoms with Gasteiger partial charge in [0.2, 0.25) is 0 Å². The summed E-state index contributed by atoms with van der Waals surface area (Å²) >= 11 is 0. The van der Waals surface area contributed by atoms with Crippen molar-refractivity contribution in [2.75, 3.05) is 13.1 Å². The van der Waals surface area contributed by atoms with Gasteiger partial charge in [-0.15, -0.1) is 0 Å². The first-order valence-corrected chi connectivity index (χ1v) is 9.13. The molecule has 2 saturated heterocycles. The Morgan fingerprint density at radius 1 is 1.11 bits per heavy atom. The maximum absolute atomic E-state index is 13.1. The van der Waals surface area contributed by atoms with Crippen LogP contribution < -0.4 is 0 Å². The Morgan fingerprint density at radius 2 is 1.89 bits per heavy atom. The molecule has 7 heteroatoms. The van der Waals surface area contributed by atoms with Crippen molar-refractivity contribution in [2.45, 2.75) is 31.8 Å². The highest BCUT2D eigenvalue weighted by Crippen LogP contribution is 2.33. The van der Waals surface area contributed by atoms with Gasteiger partial charge in [-0.25, -0.2) is 0 Å². The molecule has 2 aliphatic rings. The van der Waals surface area contributed by atoms with Crippen LogP contribution in [0.3, 0.4) is 0 Å². The molecule has 0 aliphatic carbocycles. The van der Waals surface area contributed by atoms with E-state index in [0.29, 0.717) is 35.7 Å². The number of nitrogens with zero attached hydrogens (tertiary/aromatic N) is 3. The van der Waals surface area contributed by atoms with Gasteiger partial charge in [0, 0.05) is 24.5 Å². The molecule has 0 radical (unpaired) electrons. The number of hydrogen-bond acceptors (Lipinski definition) is 5. The van der Waals surface area contributed by atoms with Gasteiger partial charge in [0.1, 0.15) is 11.3 Å². The van der Waals surface area contributed by atoms with E-state index >= 15 is 0 Å². The number of hydrogen-bond donors (Lipinski definition) is 0. The molecule has 2 amide bonds. The lowest BCUT2D eigenvalue weighted by atomic mass is 10.1. The van der Waals surface area contributed by atoms with E-state index in [1.165, 1.54) is 0 Å². The molecule has 0 saturated carbocycles. The fraction of sp³-hybridized carbons (Fsp3) is 0.350. The highest BCUT2D eigenvalue weighted by atomic mass is 16.5. The third-order valence-corrected chi connectivity index (χ3v) is 5.58. The second kappa shape index (κ2) is 5.97. The third kappa shape index (κ3) is 2.53. The standard InChI is InChI=1S/C20H19N3O4/c1-12-9-17(21-27-12)20(25)23-13-5-6-14(23)11-22(10-13)19(24)16-3-2-4-18-15(16)7-8-26-18/h2-4,7-9,13-14H,5-6,10-11H2,1H3/t13-,14+. The number of rotatable bonds is 2. The molecular weight excluding hydrogens is 346 g/mol. The van der Waals surface area contributed by atoms with E-state index in [0.717, 1.165) is 18.2 Å². The lowest BCUT2D eigenvalue weighted by Crippen LogP contribution is -2.57. The zero-order valence-corrected chi connectivity index (χ0v) is 14.9. The molecule has 2 bridgehead atoms. The lowest BCUT2D eigenvalue weighted by molar-refractivity contribution is 0.0354. The molecule has 2 fully saturated rings. The Hall–Kier alpha value is -3.09. The average Bonchev–Trinajstić information content (AvgIpc) is 3.38. The fourth-order valence-electron chi connectivity index (χ4n) is 4.35. The van der Waals surface area contributed by atoms with Gasteiger partial charge in [0.25, 0.3) is 11.8 Å². The number of piperazine rings is 1. The van der Waals surface area contributed by atoms with Gasteiger partial charge in [-0.1, -0.05) is 11.2 Å². The van der Waals surface area contributed by atoms with Crippen LogP contribution in [-0.4, -0.2) is 51.9 Å².